The second-order valence-electron chi connectivity index (χ2n) is 6.43. The molecule has 1 atom stereocenters. The van der Waals surface area contributed by atoms with Crippen LogP contribution >= 0.6 is 11.8 Å². The molecule has 2 N–H and O–H groups in total. The van der Waals surface area contributed by atoms with E-state index in [4.69, 9.17) is 0 Å². The molecule has 1 heterocycles. The molecule has 6 nitrogen and oxygen atoms in total. The second kappa shape index (κ2) is 7.63. The van der Waals surface area contributed by atoms with Crippen molar-refractivity contribution in [2.75, 3.05) is 11.1 Å². The molecular formula is C19H18N4O2S. The van der Waals surface area contributed by atoms with Crippen molar-refractivity contribution < 1.29 is 9.59 Å². The topological polar surface area (TPSA) is 106 Å². The van der Waals surface area contributed by atoms with Crippen LogP contribution in [0.1, 0.15) is 25.7 Å². The summed E-state index contributed by atoms with van der Waals surface area (Å²) in [4.78, 5) is 24.6. The van der Waals surface area contributed by atoms with Crippen molar-refractivity contribution in [3.05, 3.63) is 40.9 Å². The molecule has 7 heteroatoms. The van der Waals surface area contributed by atoms with Crippen LogP contribution in [0.2, 0.25) is 0 Å². The number of hydrogen-bond acceptors (Lipinski definition) is 5. The van der Waals surface area contributed by atoms with E-state index in [0.717, 1.165) is 24.6 Å². The zero-order valence-electron chi connectivity index (χ0n) is 14.1. The van der Waals surface area contributed by atoms with E-state index in [1.807, 2.05) is 18.2 Å². The Morgan fingerprint density at radius 2 is 1.96 bits per heavy atom. The van der Waals surface area contributed by atoms with Crippen molar-refractivity contribution in [1.29, 1.82) is 10.5 Å². The molecule has 1 aliphatic heterocycles. The lowest BCUT2D eigenvalue weighted by atomic mass is 9.67. The average Bonchev–Trinajstić information content (AvgIpc) is 3.11. The molecule has 1 aromatic carbocycles. The second-order valence-corrected chi connectivity index (χ2v) is 7.42. The van der Waals surface area contributed by atoms with E-state index in [1.54, 1.807) is 12.1 Å². The summed E-state index contributed by atoms with van der Waals surface area (Å²) < 4.78 is 0. The molecule has 1 spiro atoms. The molecule has 3 rings (SSSR count). The summed E-state index contributed by atoms with van der Waals surface area (Å²) in [6.07, 6.45) is 3.09. The van der Waals surface area contributed by atoms with E-state index in [1.165, 1.54) is 0 Å². The molecule has 26 heavy (non-hydrogen) atoms. The van der Waals surface area contributed by atoms with Gasteiger partial charge >= 0.3 is 0 Å². The quantitative estimate of drug-likeness (QED) is 0.852. The molecule has 132 valence electrons. The first kappa shape index (κ1) is 18.0. The van der Waals surface area contributed by atoms with Gasteiger partial charge in [0.2, 0.25) is 11.8 Å². The van der Waals surface area contributed by atoms with Crippen LogP contribution in [0.25, 0.3) is 0 Å². The third kappa shape index (κ3) is 3.31. The van der Waals surface area contributed by atoms with E-state index >= 15 is 0 Å². The fourth-order valence-corrected chi connectivity index (χ4v) is 4.63. The molecule has 0 radical (unpaired) electrons. The fraction of sp³-hybridized carbons (Fsp3) is 0.368. The predicted molar refractivity (Wildman–Crippen MR) is 98.3 cm³/mol. The zero-order valence-corrected chi connectivity index (χ0v) is 14.9. The Balaban J connectivity index is 1.78. The van der Waals surface area contributed by atoms with Crippen LogP contribution < -0.4 is 10.6 Å². The molecule has 2 amide bonds. The number of nitriles is 2. The molecule has 1 fully saturated rings. The van der Waals surface area contributed by atoms with Gasteiger partial charge in [0.1, 0.15) is 5.92 Å². The van der Waals surface area contributed by atoms with Crippen molar-refractivity contribution in [3.8, 4) is 12.1 Å². The van der Waals surface area contributed by atoms with Crippen molar-refractivity contribution >= 4 is 29.3 Å². The summed E-state index contributed by atoms with van der Waals surface area (Å²) in [5.74, 6) is -1.37. The van der Waals surface area contributed by atoms with Gasteiger partial charge < -0.3 is 10.6 Å². The molecule has 1 aromatic rings. The minimum atomic E-state index is -0.845. The standard InChI is InChI=1S/C19H18N4O2S/c20-10-14-17(25)23-18(15(11-21)19(14)8-4-5-9-19)26-12-16(24)22-13-6-2-1-3-7-13/h1-3,6-7,14H,4-5,8-9,12H2,(H,22,24)(H,23,25)/t14-/m1/s1. The number of nitrogens with one attached hydrogen (secondary N) is 2. The number of hydrogen-bond donors (Lipinski definition) is 2. The highest BCUT2D eigenvalue weighted by Gasteiger charge is 2.52. The minimum Gasteiger partial charge on any atom is -0.325 e. The fourth-order valence-electron chi connectivity index (χ4n) is 3.72. The Labute approximate surface area is 156 Å². The summed E-state index contributed by atoms with van der Waals surface area (Å²) in [7, 11) is 0. The number of para-hydroxylation sites is 1. The van der Waals surface area contributed by atoms with E-state index in [2.05, 4.69) is 22.8 Å². The van der Waals surface area contributed by atoms with Gasteiger partial charge in [-0.05, 0) is 25.0 Å². The van der Waals surface area contributed by atoms with Crippen LogP contribution in [-0.2, 0) is 9.59 Å². The number of allylic oxidation sites excluding steroid dienone is 1. The number of carbonyl (C=O) groups excluding carboxylic acids is 2. The van der Waals surface area contributed by atoms with Crippen LogP contribution in [0.15, 0.2) is 40.9 Å². The molecule has 0 bridgehead atoms. The van der Waals surface area contributed by atoms with E-state index < -0.39 is 11.3 Å². The van der Waals surface area contributed by atoms with E-state index in [9.17, 15) is 20.1 Å². The number of nitrogens with zero attached hydrogens (tertiary/aromatic N) is 2. The maximum atomic E-state index is 12.4. The van der Waals surface area contributed by atoms with E-state index in [-0.39, 0.29) is 17.6 Å². The van der Waals surface area contributed by atoms with Gasteiger partial charge in [0.25, 0.3) is 0 Å². The minimum absolute atomic E-state index is 0.0724. The van der Waals surface area contributed by atoms with Crippen LogP contribution in [-0.4, -0.2) is 17.6 Å². The summed E-state index contributed by atoms with van der Waals surface area (Å²) in [5.41, 5.74) is 0.431. The first-order valence-electron chi connectivity index (χ1n) is 8.44. The highest BCUT2D eigenvalue weighted by molar-refractivity contribution is 8.03. The highest BCUT2D eigenvalue weighted by atomic mass is 32.2. The Morgan fingerprint density at radius 1 is 1.27 bits per heavy atom. The number of amides is 2. The molecule has 0 unspecified atom stereocenters. The van der Waals surface area contributed by atoms with Gasteiger partial charge in [0.05, 0.1) is 28.5 Å². The van der Waals surface area contributed by atoms with Gasteiger partial charge in [-0.1, -0.05) is 42.8 Å². The van der Waals surface area contributed by atoms with Crippen molar-refractivity contribution in [2.24, 2.45) is 11.3 Å². The van der Waals surface area contributed by atoms with Gasteiger partial charge in [0, 0.05) is 11.1 Å². The Morgan fingerprint density at radius 3 is 2.58 bits per heavy atom. The van der Waals surface area contributed by atoms with Crippen LogP contribution in [0.5, 0.6) is 0 Å². The van der Waals surface area contributed by atoms with Gasteiger partial charge in [-0.2, -0.15) is 10.5 Å². The van der Waals surface area contributed by atoms with Gasteiger partial charge in [-0.25, -0.2) is 0 Å². The molecular weight excluding hydrogens is 348 g/mol. The normalized spacial score (nSPS) is 21.0. The number of anilines is 1. The zero-order chi connectivity index (χ0) is 18.6. The van der Waals surface area contributed by atoms with Crippen molar-refractivity contribution in [1.82, 2.24) is 5.32 Å². The SMILES string of the molecule is N#CC1=C(SCC(=O)Nc2ccccc2)NC(=O)[C@@H](C#N)C12CCCC2. The first-order chi connectivity index (χ1) is 12.6. The van der Waals surface area contributed by atoms with Crippen molar-refractivity contribution in [3.63, 3.8) is 0 Å². The number of thioether (sulfide) groups is 1. The smallest absolute Gasteiger partial charge is 0.243 e. The number of benzene rings is 1. The number of carbonyl (C=O) groups is 2. The lowest BCUT2D eigenvalue weighted by Gasteiger charge is -2.37. The van der Waals surface area contributed by atoms with Gasteiger partial charge in [-0.3, -0.25) is 9.59 Å². The molecule has 0 aromatic heterocycles. The summed E-state index contributed by atoms with van der Waals surface area (Å²) in [6.45, 7) is 0. The predicted octanol–water partition coefficient (Wildman–Crippen LogP) is 2.92. The summed E-state index contributed by atoms with van der Waals surface area (Å²) >= 11 is 1.14. The van der Waals surface area contributed by atoms with Crippen LogP contribution in [0, 0.1) is 34.0 Å². The van der Waals surface area contributed by atoms with E-state index in [0.29, 0.717) is 29.1 Å². The summed E-state index contributed by atoms with van der Waals surface area (Å²) in [5, 5.41) is 25.0. The van der Waals surface area contributed by atoms with Gasteiger partial charge in [-0.15, -0.1) is 0 Å². The lowest BCUT2D eigenvalue weighted by Crippen LogP contribution is -2.46. The van der Waals surface area contributed by atoms with Crippen LogP contribution in [0.3, 0.4) is 0 Å². The lowest BCUT2D eigenvalue weighted by molar-refractivity contribution is -0.126. The first-order valence-corrected chi connectivity index (χ1v) is 9.42. The van der Waals surface area contributed by atoms with Crippen LogP contribution in [0.4, 0.5) is 5.69 Å². The number of rotatable bonds is 4. The third-order valence-electron chi connectivity index (χ3n) is 4.92. The average molecular weight is 366 g/mol. The molecule has 0 saturated heterocycles. The third-order valence-corrected chi connectivity index (χ3v) is 5.92. The monoisotopic (exact) mass is 366 g/mol. The van der Waals surface area contributed by atoms with Gasteiger partial charge in [0.15, 0.2) is 0 Å². The Bertz CT molecular complexity index is 829. The Kier molecular flexibility index (Phi) is 5.29. The molecule has 2 aliphatic rings. The largest absolute Gasteiger partial charge is 0.325 e. The molecule has 1 saturated carbocycles. The Hall–Kier alpha value is -2.77. The maximum absolute atomic E-state index is 12.4. The summed E-state index contributed by atoms with van der Waals surface area (Å²) in [6, 6.07) is 13.4. The maximum Gasteiger partial charge on any atom is 0.243 e. The molecule has 1 aliphatic carbocycles. The van der Waals surface area contributed by atoms with Crippen molar-refractivity contribution in [2.45, 2.75) is 25.7 Å². The highest BCUT2D eigenvalue weighted by Crippen LogP contribution is 2.53.